The lowest BCUT2D eigenvalue weighted by atomic mass is 10.1. The fraction of sp³-hybridized carbons (Fsp3) is 0.533. The van der Waals surface area contributed by atoms with Gasteiger partial charge in [0.1, 0.15) is 5.75 Å². The van der Waals surface area contributed by atoms with E-state index >= 15 is 0 Å². The Balaban J connectivity index is 1.87. The molecule has 1 aromatic carbocycles. The topological polar surface area (TPSA) is 61.5 Å². The summed E-state index contributed by atoms with van der Waals surface area (Å²) in [5.41, 5.74) is 7.82. The molecule has 0 saturated heterocycles. The second kappa shape index (κ2) is 6.39. The molecule has 20 heavy (non-hydrogen) atoms. The summed E-state index contributed by atoms with van der Waals surface area (Å²) in [4.78, 5) is 11.4. The largest absolute Gasteiger partial charge is 0.496 e. The fourth-order valence-electron chi connectivity index (χ4n) is 2.22. The maximum absolute atomic E-state index is 11.4. The molecule has 0 bridgehead atoms. The lowest BCUT2D eigenvalue weighted by Gasteiger charge is -2.14. The van der Waals surface area contributed by atoms with Gasteiger partial charge in [0.15, 0.2) is 0 Å². The molecule has 0 spiro atoms. The minimum Gasteiger partial charge on any atom is -0.496 e. The van der Waals surface area contributed by atoms with Crippen LogP contribution >= 0.6 is 11.8 Å². The smallest absolute Gasteiger partial charge is 0.306 e. The zero-order valence-electron chi connectivity index (χ0n) is 12.0. The summed E-state index contributed by atoms with van der Waals surface area (Å²) >= 11 is 1.82. The molecule has 1 fully saturated rings. The van der Waals surface area contributed by atoms with Crippen LogP contribution in [0, 0.1) is 5.41 Å². The highest BCUT2D eigenvalue weighted by atomic mass is 32.2. The van der Waals surface area contributed by atoms with Gasteiger partial charge in [0.05, 0.1) is 20.6 Å². The molecule has 1 saturated carbocycles. The summed E-state index contributed by atoms with van der Waals surface area (Å²) in [5.74, 6) is 2.58. The maximum Gasteiger partial charge on any atom is 0.306 e. The van der Waals surface area contributed by atoms with Crippen LogP contribution in [0.4, 0.5) is 5.69 Å². The van der Waals surface area contributed by atoms with Crippen molar-refractivity contribution in [3.8, 4) is 5.75 Å². The summed E-state index contributed by atoms with van der Waals surface area (Å²) < 4.78 is 10.1. The van der Waals surface area contributed by atoms with Gasteiger partial charge in [-0.25, -0.2) is 0 Å². The van der Waals surface area contributed by atoms with Gasteiger partial charge in [0.25, 0.3) is 0 Å². The number of methoxy groups -OCH3 is 2. The van der Waals surface area contributed by atoms with E-state index in [9.17, 15) is 4.79 Å². The number of rotatable bonds is 7. The lowest BCUT2D eigenvalue weighted by molar-refractivity contribution is -0.141. The number of nitrogen functional groups attached to an aromatic ring is 1. The number of hydrogen-bond acceptors (Lipinski definition) is 5. The van der Waals surface area contributed by atoms with Crippen LogP contribution in [0.3, 0.4) is 0 Å². The van der Waals surface area contributed by atoms with Crippen molar-refractivity contribution in [3.63, 3.8) is 0 Å². The summed E-state index contributed by atoms with van der Waals surface area (Å²) in [5, 5.41) is 0. The molecule has 1 aliphatic carbocycles. The first-order valence-corrected chi connectivity index (χ1v) is 7.81. The lowest BCUT2D eigenvalue weighted by Crippen LogP contribution is -2.13. The third-order valence-electron chi connectivity index (χ3n) is 3.67. The molecule has 0 heterocycles. The first-order valence-electron chi connectivity index (χ1n) is 6.65. The van der Waals surface area contributed by atoms with Crippen LogP contribution in [0.2, 0.25) is 0 Å². The van der Waals surface area contributed by atoms with E-state index in [0.717, 1.165) is 41.3 Å². The summed E-state index contributed by atoms with van der Waals surface area (Å²) in [6.45, 7) is 0. The molecule has 0 aromatic heterocycles. The monoisotopic (exact) mass is 295 g/mol. The molecule has 0 amide bonds. The molecule has 1 aliphatic rings. The zero-order valence-corrected chi connectivity index (χ0v) is 12.8. The van der Waals surface area contributed by atoms with E-state index in [2.05, 4.69) is 0 Å². The van der Waals surface area contributed by atoms with Gasteiger partial charge in [-0.15, -0.1) is 0 Å². The van der Waals surface area contributed by atoms with Crippen LogP contribution in [0.1, 0.15) is 24.8 Å². The van der Waals surface area contributed by atoms with E-state index in [1.807, 2.05) is 30.0 Å². The van der Waals surface area contributed by atoms with Crippen LogP contribution in [0.15, 0.2) is 18.2 Å². The third kappa shape index (κ3) is 3.82. The third-order valence-corrected chi connectivity index (χ3v) is 5.01. The van der Waals surface area contributed by atoms with Crippen LogP contribution in [-0.2, 0) is 15.3 Å². The summed E-state index contributed by atoms with van der Waals surface area (Å²) in [6, 6.07) is 5.69. The Kier molecular flexibility index (Phi) is 4.81. The van der Waals surface area contributed by atoms with Crippen molar-refractivity contribution in [1.29, 1.82) is 0 Å². The molecule has 0 atom stereocenters. The SMILES string of the molecule is COC(=O)CC1(CSCc2cc(N)ccc2OC)CC1. The second-order valence-electron chi connectivity index (χ2n) is 5.32. The van der Waals surface area contributed by atoms with Crippen LogP contribution in [0.25, 0.3) is 0 Å². The standard InChI is InChI=1S/C15H21NO3S/c1-18-13-4-3-12(16)7-11(13)9-20-10-15(5-6-15)8-14(17)19-2/h3-4,7H,5-6,8-10,16H2,1-2H3. The highest BCUT2D eigenvalue weighted by Gasteiger charge is 2.44. The minimum atomic E-state index is -0.107. The van der Waals surface area contributed by atoms with Crippen molar-refractivity contribution in [2.45, 2.75) is 25.0 Å². The number of anilines is 1. The molecule has 4 nitrogen and oxygen atoms in total. The number of nitrogens with two attached hydrogens (primary N) is 1. The molecule has 1 aromatic rings. The molecular weight excluding hydrogens is 274 g/mol. The highest BCUT2D eigenvalue weighted by molar-refractivity contribution is 7.98. The van der Waals surface area contributed by atoms with Gasteiger partial charge in [0.2, 0.25) is 0 Å². The molecule has 110 valence electrons. The molecule has 0 aliphatic heterocycles. The maximum atomic E-state index is 11.4. The van der Waals surface area contributed by atoms with Crippen LogP contribution in [-0.4, -0.2) is 25.9 Å². The van der Waals surface area contributed by atoms with Crippen molar-refractivity contribution in [2.24, 2.45) is 5.41 Å². The Labute approximate surface area is 124 Å². The molecule has 2 rings (SSSR count). The fourth-order valence-corrected chi connectivity index (χ4v) is 3.59. The number of esters is 1. The number of benzene rings is 1. The van der Waals surface area contributed by atoms with Gasteiger partial charge in [-0.05, 0) is 42.2 Å². The van der Waals surface area contributed by atoms with Gasteiger partial charge in [-0.2, -0.15) is 11.8 Å². The van der Waals surface area contributed by atoms with Crippen molar-refractivity contribution in [2.75, 3.05) is 25.7 Å². The molecule has 2 N–H and O–H groups in total. The van der Waals surface area contributed by atoms with Crippen molar-refractivity contribution in [1.82, 2.24) is 0 Å². The molecule has 0 radical (unpaired) electrons. The Hall–Kier alpha value is -1.36. The molecule has 5 heteroatoms. The summed E-state index contributed by atoms with van der Waals surface area (Å²) in [7, 11) is 3.11. The number of thioether (sulfide) groups is 1. The van der Waals surface area contributed by atoms with E-state index in [-0.39, 0.29) is 11.4 Å². The minimum absolute atomic E-state index is 0.107. The number of hydrogen-bond donors (Lipinski definition) is 1. The van der Waals surface area contributed by atoms with Crippen molar-refractivity contribution >= 4 is 23.4 Å². The molecular formula is C15H21NO3S. The first kappa shape index (κ1) is 15.0. The normalized spacial score (nSPS) is 15.7. The van der Waals surface area contributed by atoms with E-state index < -0.39 is 0 Å². The Morgan fingerprint density at radius 3 is 2.75 bits per heavy atom. The van der Waals surface area contributed by atoms with Gasteiger partial charge in [-0.1, -0.05) is 0 Å². The van der Waals surface area contributed by atoms with E-state index in [0.29, 0.717) is 6.42 Å². The number of carbonyl (C=O) groups excluding carboxylic acids is 1. The first-order chi connectivity index (χ1) is 9.58. The van der Waals surface area contributed by atoms with E-state index in [4.69, 9.17) is 15.2 Å². The van der Waals surface area contributed by atoms with Gasteiger partial charge < -0.3 is 15.2 Å². The van der Waals surface area contributed by atoms with Crippen LogP contribution < -0.4 is 10.5 Å². The van der Waals surface area contributed by atoms with Crippen molar-refractivity contribution < 1.29 is 14.3 Å². The van der Waals surface area contributed by atoms with Crippen molar-refractivity contribution in [3.05, 3.63) is 23.8 Å². The Morgan fingerprint density at radius 1 is 1.40 bits per heavy atom. The Morgan fingerprint density at radius 2 is 2.15 bits per heavy atom. The molecule has 0 unspecified atom stereocenters. The van der Waals surface area contributed by atoms with Crippen LogP contribution in [0.5, 0.6) is 5.75 Å². The average Bonchev–Trinajstić information content (AvgIpc) is 3.18. The Bertz CT molecular complexity index is 486. The zero-order chi connectivity index (χ0) is 14.6. The highest BCUT2D eigenvalue weighted by Crippen LogP contribution is 2.51. The summed E-state index contributed by atoms with van der Waals surface area (Å²) in [6.07, 6.45) is 2.76. The number of carbonyl (C=O) groups is 1. The average molecular weight is 295 g/mol. The van der Waals surface area contributed by atoms with Gasteiger partial charge >= 0.3 is 5.97 Å². The predicted octanol–water partition coefficient (Wildman–Crippen LogP) is 2.85. The van der Waals surface area contributed by atoms with Gasteiger partial charge in [-0.3, -0.25) is 4.79 Å². The second-order valence-corrected chi connectivity index (χ2v) is 6.30. The predicted molar refractivity (Wildman–Crippen MR) is 81.9 cm³/mol. The van der Waals surface area contributed by atoms with Gasteiger partial charge in [0, 0.05) is 17.0 Å². The van der Waals surface area contributed by atoms with E-state index in [1.54, 1.807) is 7.11 Å². The number of ether oxygens (including phenoxy) is 2. The quantitative estimate of drug-likeness (QED) is 0.619. The van der Waals surface area contributed by atoms with E-state index in [1.165, 1.54) is 7.11 Å².